The molecule has 0 amide bonds. The van der Waals surface area contributed by atoms with Crippen molar-refractivity contribution in [3.8, 4) is 0 Å². The van der Waals surface area contributed by atoms with Crippen LogP contribution in [0.15, 0.2) is 0 Å². The first kappa shape index (κ1) is 13.5. The van der Waals surface area contributed by atoms with Gasteiger partial charge >= 0.3 is 5.97 Å². The van der Waals surface area contributed by atoms with E-state index >= 15 is 0 Å². The van der Waals surface area contributed by atoms with Crippen LogP contribution in [0.5, 0.6) is 0 Å². The average Bonchev–Trinajstić information content (AvgIpc) is 2.44. The largest absolute Gasteiger partial charge is 0.464 e. The molecule has 0 aromatic carbocycles. The number of hydrogen-bond donors (Lipinski definition) is 1. The zero-order valence-corrected chi connectivity index (χ0v) is 10.2. The fourth-order valence-corrected chi connectivity index (χ4v) is 2.12. The minimum absolute atomic E-state index is 0.0206. The Morgan fingerprint density at radius 3 is 2.44 bits per heavy atom. The van der Waals surface area contributed by atoms with Crippen LogP contribution >= 0.6 is 0 Å². The van der Waals surface area contributed by atoms with Crippen molar-refractivity contribution in [2.45, 2.75) is 51.0 Å². The van der Waals surface area contributed by atoms with Crippen LogP contribution in [0, 0.1) is 0 Å². The minimum atomic E-state index is -0.306. The number of carbonyl (C=O) groups excluding carboxylic acids is 1. The van der Waals surface area contributed by atoms with Crippen LogP contribution in [-0.4, -0.2) is 31.3 Å². The zero-order chi connectivity index (χ0) is 11.9. The summed E-state index contributed by atoms with van der Waals surface area (Å²) in [6.45, 7) is 2.67. The highest BCUT2D eigenvalue weighted by atomic mass is 16.6. The van der Waals surface area contributed by atoms with Crippen molar-refractivity contribution in [2.24, 2.45) is 5.73 Å². The van der Waals surface area contributed by atoms with Gasteiger partial charge in [0.2, 0.25) is 0 Å². The lowest BCUT2D eigenvalue weighted by molar-refractivity contribution is -0.149. The summed E-state index contributed by atoms with van der Waals surface area (Å²) in [4.78, 5) is 11.1. The average molecular weight is 229 g/mol. The van der Waals surface area contributed by atoms with Crippen LogP contribution in [0.25, 0.3) is 0 Å². The van der Waals surface area contributed by atoms with Gasteiger partial charge in [-0.1, -0.05) is 25.7 Å². The molecule has 1 aliphatic carbocycles. The van der Waals surface area contributed by atoms with Gasteiger partial charge in [-0.2, -0.15) is 0 Å². The lowest BCUT2D eigenvalue weighted by Gasteiger charge is -2.27. The number of carbonyl (C=O) groups is 1. The van der Waals surface area contributed by atoms with Gasteiger partial charge in [0, 0.05) is 5.54 Å². The predicted molar refractivity (Wildman–Crippen MR) is 62.1 cm³/mol. The van der Waals surface area contributed by atoms with E-state index in [9.17, 15) is 4.79 Å². The molecule has 0 heterocycles. The molecule has 0 aromatic heterocycles. The van der Waals surface area contributed by atoms with Crippen molar-refractivity contribution in [2.75, 3.05) is 19.8 Å². The maximum atomic E-state index is 11.1. The monoisotopic (exact) mass is 229 g/mol. The third-order valence-electron chi connectivity index (χ3n) is 3.01. The van der Waals surface area contributed by atoms with Gasteiger partial charge in [0.05, 0.1) is 13.2 Å². The van der Waals surface area contributed by atoms with Gasteiger partial charge in [0.15, 0.2) is 0 Å². The van der Waals surface area contributed by atoms with Crippen LogP contribution in [0.2, 0.25) is 0 Å². The number of esters is 1. The highest BCUT2D eigenvalue weighted by Gasteiger charge is 2.26. The molecule has 0 bridgehead atoms. The Morgan fingerprint density at radius 1 is 1.25 bits per heavy atom. The van der Waals surface area contributed by atoms with Crippen molar-refractivity contribution in [1.29, 1.82) is 0 Å². The van der Waals surface area contributed by atoms with Crippen molar-refractivity contribution in [3.63, 3.8) is 0 Å². The maximum Gasteiger partial charge on any atom is 0.332 e. The first-order valence-electron chi connectivity index (χ1n) is 6.18. The Balaban J connectivity index is 2.21. The summed E-state index contributed by atoms with van der Waals surface area (Å²) < 4.78 is 10.1. The van der Waals surface area contributed by atoms with Gasteiger partial charge in [0.25, 0.3) is 0 Å². The second-order valence-electron chi connectivity index (χ2n) is 4.57. The summed E-state index contributed by atoms with van der Waals surface area (Å²) in [5, 5.41) is 0. The van der Waals surface area contributed by atoms with Gasteiger partial charge in [-0.25, -0.2) is 4.79 Å². The number of ether oxygens (including phenoxy) is 2. The molecule has 2 N–H and O–H groups in total. The van der Waals surface area contributed by atoms with Crippen molar-refractivity contribution < 1.29 is 14.3 Å². The molecule has 0 saturated heterocycles. The van der Waals surface area contributed by atoms with E-state index < -0.39 is 0 Å². The molecular formula is C12H23NO3. The summed E-state index contributed by atoms with van der Waals surface area (Å²) in [5.74, 6) is -0.306. The second-order valence-corrected chi connectivity index (χ2v) is 4.57. The van der Waals surface area contributed by atoms with Gasteiger partial charge in [-0.05, 0) is 19.8 Å². The Bertz CT molecular complexity index is 210. The topological polar surface area (TPSA) is 61.5 Å². The molecule has 0 atom stereocenters. The molecular weight excluding hydrogens is 206 g/mol. The molecule has 1 fully saturated rings. The third-order valence-corrected chi connectivity index (χ3v) is 3.01. The molecule has 1 saturated carbocycles. The molecule has 4 nitrogen and oxygen atoms in total. The van der Waals surface area contributed by atoms with Crippen LogP contribution in [0.1, 0.15) is 45.4 Å². The van der Waals surface area contributed by atoms with Crippen molar-refractivity contribution in [1.82, 2.24) is 0 Å². The number of rotatable bonds is 5. The molecule has 0 aromatic rings. The molecule has 16 heavy (non-hydrogen) atoms. The molecule has 4 heteroatoms. The Hall–Kier alpha value is -0.610. The van der Waals surface area contributed by atoms with Gasteiger partial charge in [-0.3, -0.25) is 0 Å². The molecule has 0 spiro atoms. The van der Waals surface area contributed by atoms with Gasteiger partial charge in [0.1, 0.15) is 6.61 Å². The SMILES string of the molecule is CCOC(=O)COCC1(N)CCCCCC1. The van der Waals surface area contributed by atoms with Crippen LogP contribution in [0.4, 0.5) is 0 Å². The van der Waals surface area contributed by atoms with Gasteiger partial charge in [-0.15, -0.1) is 0 Å². The highest BCUT2D eigenvalue weighted by Crippen LogP contribution is 2.25. The van der Waals surface area contributed by atoms with E-state index in [1.54, 1.807) is 6.92 Å². The summed E-state index contributed by atoms with van der Waals surface area (Å²) in [5.41, 5.74) is 6.01. The van der Waals surface area contributed by atoms with E-state index in [0.717, 1.165) is 12.8 Å². The standard InChI is InChI=1S/C12H23NO3/c1-2-16-11(14)9-15-10-12(13)7-5-3-4-6-8-12/h2-10,13H2,1H3. The van der Waals surface area contributed by atoms with Crippen LogP contribution in [-0.2, 0) is 14.3 Å². The zero-order valence-electron chi connectivity index (χ0n) is 10.2. The lowest BCUT2D eigenvalue weighted by atomic mass is 9.93. The summed E-state index contributed by atoms with van der Waals surface area (Å²) in [6.07, 6.45) is 6.85. The number of hydrogen-bond acceptors (Lipinski definition) is 4. The highest BCUT2D eigenvalue weighted by molar-refractivity contribution is 5.70. The van der Waals surface area contributed by atoms with E-state index in [-0.39, 0.29) is 18.1 Å². The van der Waals surface area contributed by atoms with E-state index in [1.165, 1.54) is 25.7 Å². The Labute approximate surface area is 97.5 Å². The van der Waals surface area contributed by atoms with E-state index in [1.807, 2.05) is 0 Å². The summed E-state index contributed by atoms with van der Waals surface area (Å²) in [7, 11) is 0. The molecule has 1 aliphatic rings. The Kier molecular flexibility index (Phi) is 5.77. The minimum Gasteiger partial charge on any atom is -0.464 e. The first-order valence-corrected chi connectivity index (χ1v) is 6.18. The first-order chi connectivity index (χ1) is 7.66. The normalized spacial score (nSPS) is 20.1. The summed E-state index contributed by atoms with van der Waals surface area (Å²) in [6, 6.07) is 0. The lowest BCUT2D eigenvalue weighted by Crippen LogP contribution is -2.44. The fraction of sp³-hybridized carbons (Fsp3) is 0.917. The second kappa shape index (κ2) is 6.86. The van der Waals surface area contributed by atoms with Crippen molar-refractivity contribution in [3.05, 3.63) is 0 Å². The molecule has 0 unspecified atom stereocenters. The number of nitrogens with two attached hydrogens (primary N) is 1. The van der Waals surface area contributed by atoms with E-state index in [0.29, 0.717) is 13.2 Å². The smallest absolute Gasteiger partial charge is 0.332 e. The van der Waals surface area contributed by atoms with Crippen LogP contribution < -0.4 is 5.73 Å². The van der Waals surface area contributed by atoms with Gasteiger partial charge < -0.3 is 15.2 Å². The fourth-order valence-electron chi connectivity index (χ4n) is 2.12. The molecule has 94 valence electrons. The quantitative estimate of drug-likeness (QED) is 0.575. The maximum absolute atomic E-state index is 11.1. The van der Waals surface area contributed by atoms with Crippen molar-refractivity contribution >= 4 is 5.97 Å². The molecule has 0 aliphatic heterocycles. The molecule has 1 rings (SSSR count). The third kappa shape index (κ3) is 4.94. The van der Waals surface area contributed by atoms with E-state index in [4.69, 9.17) is 15.2 Å². The molecule has 0 radical (unpaired) electrons. The van der Waals surface area contributed by atoms with E-state index in [2.05, 4.69) is 0 Å². The predicted octanol–water partition coefficient (Wildman–Crippen LogP) is 1.62. The summed E-state index contributed by atoms with van der Waals surface area (Å²) >= 11 is 0. The Morgan fingerprint density at radius 2 is 1.88 bits per heavy atom. The van der Waals surface area contributed by atoms with Crippen LogP contribution in [0.3, 0.4) is 0 Å².